The summed E-state index contributed by atoms with van der Waals surface area (Å²) in [5.74, 6) is 0. The summed E-state index contributed by atoms with van der Waals surface area (Å²) < 4.78 is 0. The molecule has 0 saturated carbocycles. The molecule has 0 amide bonds. The maximum absolute atomic E-state index is 10.2. The largest absolute Gasteiger partial charge is 0.392 e. The maximum Gasteiger partial charge on any atom is 0.231 e. The Labute approximate surface area is 71.2 Å². The third kappa shape index (κ3) is 2.32. The molecule has 0 aliphatic carbocycles. The molecule has 0 saturated heterocycles. The molecule has 12 heavy (non-hydrogen) atoms. The molecule has 0 aliphatic rings. The average molecular weight is 161 g/mol. The van der Waals surface area contributed by atoms with Gasteiger partial charge in [-0.1, -0.05) is 30.3 Å². The van der Waals surface area contributed by atoms with Crippen molar-refractivity contribution in [1.82, 2.24) is 0 Å². The van der Waals surface area contributed by atoms with E-state index in [0.29, 0.717) is 0 Å². The van der Waals surface area contributed by atoms with Crippen molar-refractivity contribution in [2.45, 2.75) is 0 Å². The van der Waals surface area contributed by atoms with Crippen LogP contribution < -0.4 is 0 Å². The zero-order chi connectivity index (χ0) is 8.81. The molecule has 0 bridgehead atoms. The molecule has 0 fully saturated rings. The van der Waals surface area contributed by atoms with Crippen molar-refractivity contribution in [1.29, 1.82) is 0 Å². The summed E-state index contributed by atoms with van der Waals surface area (Å²) in [4.78, 5) is 10.2. The van der Waals surface area contributed by atoms with Gasteiger partial charge in [-0.15, -0.1) is 0 Å². The van der Waals surface area contributed by atoms with Crippen LogP contribution in [-0.2, 0) is 4.79 Å². The first-order valence-corrected chi connectivity index (χ1v) is 3.61. The van der Waals surface area contributed by atoms with E-state index in [1.807, 2.05) is 30.3 Å². The van der Waals surface area contributed by atoms with Gasteiger partial charge in [0.15, 0.2) is 0 Å². The second-order valence-electron chi connectivity index (χ2n) is 2.34. The lowest BCUT2D eigenvalue weighted by molar-refractivity contribution is 0.336. The Kier molecular flexibility index (Phi) is 3.23. The molecule has 0 aromatic heterocycles. The Morgan fingerprint density at radius 1 is 1.42 bits per heavy atom. The highest BCUT2D eigenvalue weighted by molar-refractivity contribution is 5.82. The van der Waals surface area contributed by atoms with Gasteiger partial charge in [-0.2, -0.15) is 0 Å². The number of hydrogen-bond acceptors (Lipinski definition) is 2. The second-order valence-corrected chi connectivity index (χ2v) is 2.34. The third-order valence-electron chi connectivity index (χ3n) is 1.44. The van der Waals surface area contributed by atoms with Crippen LogP contribution in [0, 0.1) is 0 Å². The van der Waals surface area contributed by atoms with E-state index >= 15 is 0 Å². The van der Waals surface area contributed by atoms with Gasteiger partial charge in [-0.25, -0.2) is 0 Å². The van der Waals surface area contributed by atoms with Crippen LogP contribution in [0.3, 0.4) is 0 Å². The highest BCUT2D eigenvalue weighted by Crippen LogP contribution is 2.03. The number of hydrogen-bond donors (Lipinski definition) is 1. The Balaban J connectivity index is 2.86. The Bertz CT molecular complexity index is 275. The number of rotatable bonds is 3. The van der Waals surface area contributed by atoms with Crippen LogP contribution in [0.2, 0.25) is 0 Å². The van der Waals surface area contributed by atoms with Crippen molar-refractivity contribution in [2.75, 3.05) is 6.61 Å². The summed E-state index contributed by atoms with van der Waals surface area (Å²) in [6.45, 7) is -0.265. The molecule has 2 nitrogen and oxygen atoms in total. The first kappa shape index (κ1) is 8.68. The van der Waals surface area contributed by atoms with Crippen LogP contribution in [0.4, 0.5) is 0 Å². The fourth-order valence-corrected chi connectivity index (χ4v) is 0.858. The van der Waals surface area contributed by atoms with E-state index in [2.05, 4.69) is 0 Å². The van der Waals surface area contributed by atoms with Crippen molar-refractivity contribution < 1.29 is 9.90 Å². The molecule has 2 heteroatoms. The topological polar surface area (TPSA) is 37.3 Å². The standard InChI is InChI=1S/C10H9O2/c11-7-10(8-12)6-9-4-2-1-3-5-9/h1-6,11H,7H2. The predicted octanol–water partition coefficient (Wildman–Crippen LogP) is 1.17. The van der Waals surface area contributed by atoms with Crippen molar-refractivity contribution in [2.24, 2.45) is 0 Å². The molecule has 0 spiro atoms. The molecule has 0 atom stereocenters. The van der Waals surface area contributed by atoms with Gasteiger partial charge < -0.3 is 5.11 Å². The highest BCUT2D eigenvalue weighted by Gasteiger charge is 1.93. The Morgan fingerprint density at radius 2 is 2.08 bits per heavy atom. The minimum atomic E-state index is -0.265. The van der Waals surface area contributed by atoms with E-state index in [0.717, 1.165) is 5.56 Å². The monoisotopic (exact) mass is 161 g/mol. The first-order valence-electron chi connectivity index (χ1n) is 3.61. The molecule has 1 aromatic rings. The summed E-state index contributed by atoms with van der Waals surface area (Å²) in [6.07, 6.45) is 3.27. The van der Waals surface area contributed by atoms with E-state index in [9.17, 15) is 4.79 Å². The van der Waals surface area contributed by atoms with Crippen LogP contribution in [-0.4, -0.2) is 18.0 Å². The summed E-state index contributed by atoms with van der Waals surface area (Å²) in [5, 5.41) is 8.66. The summed E-state index contributed by atoms with van der Waals surface area (Å²) in [6, 6.07) is 9.33. The van der Waals surface area contributed by atoms with Gasteiger partial charge in [0, 0.05) is 5.57 Å². The van der Waals surface area contributed by atoms with Gasteiger partial charge in [0.2, 0.25) is 6.29 Å². The van der Waals surface area contributed by atoms with E-state index in [-0.39, 0.29) is 12.2 Å². The fourth-order valence-electron chi connectivity index (χ4n) is 0.858. The maximum atomic E-state index is 10.2. The molecule has 0 heterocycles. The smallest absolute Gasteiger partial charge is 0.231 e. The highest BCUT2D eigenvalue weighted by atomic mass is 16.3. The molecule has 61 valence electrons. The van der Waals surface area contributed by atoms with Crippen molar-refractivity contribution in [3.8, 4) is 0 Å². The van der Waals surface area contributed by atoms with Gasteiger partial charge in [0.1, 0.15) is 0 Å². The molecule has 1 aromatic carbocycles. The summed E-state index contributed by atoms with van der Waals surface area (Å²) >= 11 is 0. The van der Waals surface area contributed by atoms with Gasteiger partial charge >= 0.3 is 0 Å². The van der Waals surface area contributed by atoms with E-state index in [4.69, 9.17) is 5.11 Å². The number of benzene rings is 1. The van der Waals surface area contributed by atoms with Crippen LogP contribution in [0.15, 0.2) is 35.9 Å². The quantitative estimate of drug-likeness (QED) is 0.676. The summed E-state index contributed by atoms with van der Waals surface area (Å²) in [7, 11) is 0. The minimum Gasteiger partial charge on any atom is -0.392 e. The van der Waals surface area contributed by atoms with Crippen LogP contribution >= 0.6 is 0 Å². The third-order valence-corrected chi connectivity index (χ3v) is 1.44. The minimum absolute atomic E-state index is 0.265. The van der Waals surface area contributed by atoms with Crippen molar-refractivity contribution in [3.63, 3.8) is 0 Å². The van der Waals surface area contributed by atoms with Gasteiger partial charge in [-0.05, 0) is 11.6 Å². The average Bonchev–Trinajstić information content (AvgIpc) is 2.16. The number of carbonyl (C=O) groups excluding carboxylic acids is 1. The lowest BCUT2D eigenvalue weighted by Crippen LogP contribution is -1.90. The van der Waals surface area contributed by atoms with Crippen LogP contribution in [0.5, 0.6) is 0 Å². The lowest BCUT2D eigenvalue weighted by atomic mass is 10.1. The van der Waals surface area contributed by atoms with Gasteiger partial charge in [0.05, 0.1) is 6.61 Å². The van der Waals surface area contributed by atoms with Crippen molar-refractivity contribution >= 4 is 12.4 Å². The Hall–Kier alpha value is -1.41. The van der Waals surface area contributed by atoms with Crippen LogP contribution in [0.25, 0.3) is 6.08 Å². The SMILES string of the molecule is O=[C]C(=Cc1ccccc1)CO. The molecule has 1 radical (unpaired) electrons. The van der Waals surface area contributed by atoms with Gasteiger partial charge in [0.25, 0.3) is 0 Å². The van der Waals surface area contributed by atoms with Crippen LogP contribution in [0.1, 0.15) is 5.56 Å². The second kappa shape index (κ2) is 4.46. The number of aliphatic hydroxyl groups is 1. The van der Waals surface area contributed by atoms with E-state index in [1.165, 1.54) is 0 Å². The molecular weight excluding hydrogens is 152 g/mol. The molecule has 1 N–H and O–H groups in total. The molecule has 0 unspecified atom stereocenters. The fraction of sp³-hybridized carbons (Fsp3) is 0.100. The predicted molar refractivity (Wildman–Crippen MR) is 47.2 cm³/mol. The Morgan fingerprint density at radius 3 is 2.58 bits per heavy atom. The molecule has 1 rings (SSSR count). The first-order chi connectivity index (χ1) is 5.86. The number of aliphatic hydroxyl groups excluding tert-OH is 1. The molecular formula is C10H9O2. The van der Waals surface area contributed by atoms with Gasteiger partial charge in [-0.3, -0.25) is 4.79 Å². The van der Waals surface area contributed by atoms with E-state index < -0.39 is 0 Å². The lowest BCUT2D eigenvalue weighted by Gasteiger charge is -1.93. The zero-order valence-corrected chi connectivity index (χ0v) is 6.53. The molecule has 0 aliphatic heterocycles. The van der Waals surface area contributed by atoms with E-state index in [1.54, 1.807) is 12.4 Å². The van der Waals surface area contributed by atoms with Crippen molar-refractivity contribution in [3.05, 3.63) is 41.5 Å². The summed E-state index contributed by atoms with van der Waals surface area (Å²) in [5.41, 5.74) is 1.16. The normalized spacial score (nSPS) is 11.2. The zero-order valence-electron chi connectivity index (χ0n) is 6.53.